The molecule has 1 aromatic rings. The predicted octanol–water partition coefficient (Wildman–Crippen LogP) is 2.14. The quantitative estimate of drug-likeness (QED) is 0.643. The monoisotopic (exact) mass is 378 g/mol. The summed E-state index contributed by atoms with van der Waals surface area (Å²) in [5.41, 5.74) is 6.35. The lowest BCUT2D eigenvalue weighted by atomic mass is 10.1. The van der Waals surface area contributed by atoms with Crippen molar-refractivity contribution >= 4 is 31.6 Å². The van der Waals surface area contributed by atoms with Gasteiger partial charge in [0.25, 0.3) is 0 Å². The zero-order valence-corrected chi connectivity index (χ0v) is 13.9. The lowest BCUT2D eigenvalue weighted by Crippen LogP contribution is -2.35. The maximum absolute atomic E-state index is 13.3. The van der Waals surface area contributed by atoms with Gasteiger partial charge in [0.15, 0.2) is 0 Å². The lowest BCUT2D eigenvalue weighted by Gasteiger charge is -2.26. The Morgan fingerprint density at radius 3 is 2.76 bits per heavy atom. The van der Waals surface area contributed by atoms with Crippen LogP contribution < -0.4 is 5.73 Å². The van der Waals surface area contributed by atoms with Gasteiger partial charge in [-0.1, -0.05) is 6.08 Å². The molecule has 1 aliphatic rings. The van der Waals surface area contributed by atoms with Crippen molar-refractivity contribution in [2.24, 2.45) is 0 Å². The molecule has 0 radical (unpaired) electrons. The molecule has 0 spiro atoms. The first-order chi connectivity index (χ1) is 9.86. The summed E-state index contributed by atoms with van der Waals surface area (Å²) in [4.78, 5) is -0.0232. The first-order valence-corrected chi connectivity index (χ1v) is 8.51. The summed E-state index contributed by atoms with van der Waals surface area (Å²) in [6.45, 7) is 1.13. The first kappa shape index (κ1) is 16.4. The van der Waals surface area contributed by atoms with Crippen molar-refractivity contribution in [3.05, 3.63) is 34.1 Å². The number of nitrogens with two attached hydrogens (primary N) is 1. The smallest absolute Gasteiger partial charge is 0.244 e. The van der Waals surface area contributed by atoms with E-state index in [9.17, 15) is 12.8 Å². The number of benzene rings is 1. The fourth-order valence-electron chi connectivity index (χ4n) is 2.11. The maximum atomic E-state index is 13.3. The van der Waals surface area contributed by atoms with E-state index in [0.29, 0.717) is 19.6 Å². The molecule has 0 bridgehead atoms. The molecular weight excluding hydrogens is 363 g/mol. The Kier molecular flexibility index (Phi) is 5.03. The molecule has 0 amide bonds. The van der Waals surface area contributed by atoms with E-state index in [1.165, 1.54) is 4.31 Å². The van der Waals surface area contributed by atoms with Crippen molar-refractivity contribution in [1.29, 1.82) is 0 Å². The molecule has 8 heteroatoms. The highest BCUT2D eigenvalue weighted by Gasteiger charge is 2.28. The van der Waals surface area contributed by atoms with Crippen LogP contribution in [-0.2, 0) is 14.8 Å². The Morgan fingerprint density at radius 1 is 1.48 bits per heavy atom. The second-order valence-electron chi connectivity index (χ2n) is 4.71. The molecule has 0 aliphatic carbocycles. The molecule has 1 aromatic carbocycles. The van der Waals surface area contributed by atoms with E-state index in [2.05, 4.69) is 15.9 Å². The number of ether oxygens (including phenoxy) is 1. The third kappa shape index (κ3) is 3.45. The molecule has 0 saturated heterocycles. The van der Waals surface area contributed by atoms with Gasteiger partial charge in [0.05, 0.1) is 17.2 Å². The summed E-state index contributed by atoms with van der Waals surface area (Å²) in [6, 6.07) is 2.21. The van der Waals surface area contributed by atoms with E-state index < -0.39 is 15.8 Å². The molecular formula is C13H16BrFN2O3S. The topological polar surface area (TPSA) is 72.6 Å². The molecule has 0 saturated carbocycles. The number of anilines is 1. The summed E-state index contributed by atoms with van der Waals surface area (Å²) in [5, 5.41) is 0. The van der Waals surface area contributed by atoms with Gasteiger partial charge in [-0.25, -0.2) is 12.8 Å². The van der Waals surface area contributed by atoms with Gasteiger partial charge in [-0.3, -0.25) is 0 Å². The van der Waals surface area contributed by atoms with E-state index in [-0.39, 0.29) is 21.6 Å². The Hall–Kier alpha value is -0.960. The minimum atomic E-state index is -3.72. The van der Waals surface area contributed by atoms with Gasteiger partial charge in [0, 0.05) is 24.7 Å². The lowest BCUT2D eigenvalue weighted by molar-refractivity contribution is 0.219. The van der Waals surface area contributed by atoms with E-state index in [4.69, 9.17) is 10.5 Å². The number of methoxy groups -OCH3 is 1. The molecule has 2 N–H and O–H groups in total. The number of nitrogens with zero attached hydrogens (tertiary/aromatic N) is 1. The van der Waals surface area contributed by atoms with Crippen LogP contribution in [0.4, 0.5) is 10.1 Å². The summed E-state index contributed by atoms with van der Waals surface area (Å²) < 4.78 is 45.1. The molecule has 0 fully saturated rings. The normalized spacial score (nSPS) is 16.8. The minimum absolute atomic E-state index is 0.0232. The fraction of sp³-hybridized carbons (Fsp3) is 0.385. The van der Waals surface area contributed by atoms with Gasteiger partial charge in [0.1, 0.15) is 5.82 Å². The van der Waals surface area contributed by atoms with Crippen molar-refractivity contribution in [2.75, 3.05) is 32.5 Å². The molecule has 1 aliphatic heterocycles. The SMILES string of the molecule is COCC1=CCN(S(=O)(=O)c2cc(N)c(F)cc2Br)CC1. The highest BCUT2D eigenvalue weighted by molar-refractivity contribution is 9.10. The summed E-state index contributed by atoms with van der Waals surface area (Å²) in [7, 11) is -2.12. The van der Waals surface area contributed by atoms with Crippen molar-refractivity contribution in [3.63, 3.8) is 0 Å². The molecule has 0 atom stereocenters. The van der Waals surface area contributed by atoms with E-state index >= 15 is 0 Å². The van der Waals surface area contributed by atoms with Crippen LogP contribution in [0.5, 0.6) is 0 Å². The zero-order chi connectivity index (χ0) is 15.6. The van der Waals surface area contributed by atoms with Crippen molar-refractivity contribution < 1.29 is 17.5 Å². The van der Waals surface area contributed by atoms with Crippen LogP contribution in [0.25, 0.3) is 0 Å². The molecule has 1 heterocycles. The average Bonchev–Trinajstić information content (AvgIpc) is 2.43. The molecule has 116 valence electrons. The molecule has 0 aromatic heterocycles. The molecule has 0 unspecified atom stereocenters. The Bertz CT molecular complexity index is 676. The third-order valence-electron chi connectivity index (χ3n) is 3.26. The fourth-order valence-corrected chi connectivity index (χ4v) is 4.50. The largest absolute Gasteiger partial charge is 0.396 e. The summed E-state index contributed by atoms with van der Waals surface area (Å²) in [5.74, 6) is -0.651. The highest BCUT2D eigenvalue weighted by atomic mass is 79.9. The second kappa shape index (κ2) is 6.43. The van der Waals surface area contributed by atoms with Crippen molar-refractivity contribution in [3.8, 4) is 0 Å². The van der Waals surface area contributed by atoms with Crippen LogP contribution in [0.1, 0.15) is 6.42 Å². The van der Waals surface area contributed by atoms with Gasteiger partial charge >= 0.3 is 0 Å². The molecule has 21 heavy (non-hydrogen) atoms. The second-order valence-corrected chi connectivity index (χ2v) is 7.47. The van der Waals surface area contributed by atoms with Crippen molar-refractivity contribution in [1.82, 2.24) is 4.31 Å². The van der Waals surface area contributed by atoms with Gasteiger partial charge in [-0.05, 0) is 40.1 Å². The average molecular weight is 379 g/mol. The molecule has 5 nitrogen and oxygen atoms in total. The van der Waals surface area contributed by atoms with Crippen LogP contribution in [0.2, 0.25) is 0 Å². The van der Waals surface area contributed by atoms with Crippen LogP contribution in [0.3, 0.4) is 0 Å². The number of nitrogen functional groups attached to an aromatic ring is 1. The number of hydrogen-bond acceptors (Lipinski definition) is 4. The predicted molar refractivity (Wildman–Crippen MR) is 81.8 cm³/mol. The van der Waals surface area contributed by atoms with Gasteiger partial charge in [-0.2, -0.15) is 4.31 Å². The Labute approximate surface area is 131 Å². The van der Waals surface area contributed by atoms with Gasteiger partial charge in [0.2, 0.25) is 10.0 Å². The van der Waals surface area contributed by atoms with Crippen molar-refractivity contribution in [2.45, 2.75) is 11.3 Å². The minimum Gasteiger partial charge on any atom is -0.396 e. The Morgan fingerprint density at radius 2 is 2.19 bits per heavy atom. The highest BCUT2D eigenvalue weighted by Crippen LogP contribution is 2.30. The maximum Gasteiger partial charge on any atom is 0.244 e. The van der Waals surface area contributed by atoms with E-state index in [1.807, 2.05) is 6.08 Å². The van der Waals surface area contributed by atoms with Crippen LogP contribution in [-0.4, -0.2) is 39.5 Å². The third-order valence-corrected chi connectivity index (χ3v) is 6.09. The van der Waals surface area contributed by atoms with Gasteiger partial charge in [-0.15, -0.1) is 0 Å². The number of rotatable bonds is 4. The zero-order valence-electron chi connectivity index (χ0n) is 11.5. The summed E-state index contributed by atoms with van der Waals surface area (Å²) in [6.07, 6.45) is 2.45. The standard InChI is InChI=1S/C13H16BrFN2O3S/c1-20-8-9-2-4-17(5-3-9)21(18,19)13-7-12(16)11(15)6-10(13)14/h2,6-7H,3-5,8,16H2,1H3. The van der Waals surface area contributed by atoms with Crippen LogP contribution in [0, 0.1) is 5.82 Å². The summed E-state index contributed by atoms with van der Waals surface area (Å²) >= 11 is 3.08. The first-order valence-electron chi connectivity index (χ1n) is 6.27. The number of hydrogen-bond donors (Lipinski definition) is 1. The van der Waals surface area contributed by atoms with E-state index in [0.717, 1.165) is 17.7 Å². The number of halogens is 2. The van der Waals surface area contributed by atoms with Crippen LogP contribution >= 0.6 is 15.9 Å². The Balaban J connectivity index is 2.30. The van der Waals surface area contributed by atoms with Gasteiger partial charge < -0.3 is 10.5 Å². The molecule has 2 rings (SSSR count). The van der Waals surface area contributed by atoms with E-state index in [1.54, 1.807) is 7.11 Å². The number of sulfonamides is 1. The van der Waals surface area contributed by atoms with Crippen LogP contribution in [0.15, 0.2) is 33.2 Å².